The van der Waals surface area contributed by atoms with Gasteiger partial charge >= 0.3 is 11.9 Å². The smallest absolute Gasteiger partial charge is 0.328 e. The van der Waals surface area contributed by atoms with Crippen molar-refractivity contribution >= 4 is 17.6 Å². The molecule has 0 aromatic heterocycles. The number of non-ortho nitro benzene ring substituents is 1. The van der Waals surface area contributed by atoms with E-state index in [4.69, 9.17) is 34.4 Å². The highest BCUT2D eigenvalue weighted by Gasteiger charge is 2.20. The molecule has 0 bridgehead atoms. The van der Waals surface area contributed by atoms with Crippen LogP contribution in [-0.2, 0) is 16.0 Å². The molecule has 3 N–H and O–H groups in total. The normalized spacial score (nSPS) is 11.1. The second-order valence-electron chi connectivity index (χ2n) is 9.07. The first-order valence-corrected chi connectivity index (χ1v) is 13.0. The van der Waals surface area contributed by atoms with Crippen molar-refractivity contribution in [3.05, 3.63) is 64.2 Å². The first-order chi connectivity index (χ1) is 20.0. The number of carbonyl (C=O) groups is 2. The molecule has 0 spiro atoms. The Bertz CT molecular complexity index is 1220. The summed E-state index contributed by atoms with van der Waals surface area (Å²) in [5.74, 6) is -0.131. The Morgan fingerprint density at radius 1 is 1.07 bits per heavy atom. The fourth-order valence-electron chi connectivity index (χ4n) is 3.58. The first-order valence-electron chi connectivity index (χ1n) is 13.0. The van der Waals surface area contributed by atoms with Crippen LogP contribution in [0.4, 0.5) is 5.69 Å². The molecular formula is C29H37N3O10. The SMILES string of the molecule is COc1cc(CC#N)cc(OC(CCCNCCOc2cccc([N+](=O)[O-])c2)C(C)C)c1OC.O=C(O)/C=C/C(=O)O. The van der Waals surface area contributed by atoms with Crippen molar-refractivity contribution in [3.8, 4) is 29.1 Å². The third-order valence-corrected chi connectivity index (χ3v) is 5.60. The third kappa shape index (κ3) is 13.5. The van der Waals surface area contributed by atoms with E-state index in [0.29, 0.717) is 48.3 Å². The van der Waals surface area contributed by atoms with E-state index in [1.54, 1.807) is 32.4 Å². The Morgan fingerprint density at radius 3 is 2.29 bits per heavy atom. The Balaban J connectivity index is 0.000000962. The molecule has 0 fully saturated rings. The minimum absolute atomic E-state index is 0.0117. The van der Waals surface area contributed by atoms with Crippen LogP contribution < -0.4 is 24.3 Å². The van der Waals surface area contributed by atoms with Gasteiger partial charge in [-0.3, -0.25) is 10.1 Å². The number of nitrogens with one attached hydrogen (secondary N) is 1. The highest BCUT2D eigenvalue weighted by Crippen LogP contribution is 2.40. The Labute approximate surface area is 244 Å². The molecule has 13 nitrogen and oxygen atoms in total. The van der Waals surface area contributed by atoms with Gasteiger partial charge in [-0.25, -0.2) is 9.59 Å². The molecule has 2 aromatic carbocycles. The fraction of sp³-hybridized carbons (Fsp3) is 0.414. The summed E-state index contributed by atoms with van der Waals surface area (Å²) < 4.78 is 22.8. The highest BCUT2D eigenvalue weighted by atomic mass is 16.6. The van der Waals surface area contributed by atoms with Crippen molar-refractivity contribution in [1.29, 1.82) is 5.26 Å². The van der Waals surface area contributed by atoms with E-state index >= 15 is 0 Å². The number of rotatable bonds is 17. The molecule has 0 amide bonds. The van der Waals surface area contributed by atoms with E-state index in [2.05, 4.69) is 25.2 Å². The van der Waals surface area contributed by atoms with Crippen molar-refractivity contribution in [1.82, 2.24) is 5.32 Å². The third-order valence-electron chi connectivity index (χ3n) is 5.60. The van der Waals surface area contributed by atoms with Gasteiger partial charge in [-0.1, -0.05) is 19.9 Å². The molecule has 0 aliphatic rings. The number of nitro groups is 1. The summed E-state index contributed by atoms with van der Waals surface area (Å²) in [6, 6.07) is 11.9. The molecule has 0 radical (unpaired) electrons. The number of nitriles is 1. The lowest BCUT2D eigenvalue weighted by molar-refractivity contribution is -0.384. The van der Waals surface area contributed by atoms with Gasteiger partial charge in [-0.05, 0) is 49.1 Å². The molecule has 228 valence electrons. The molecule has 0 saturated heterocycles. The second-order valence-corrected chi connectivity index (χ2v) is 9.07. The lowest BCUT2D eigenvalue weighted by atomic mass is 10.0. The number of nitrogens with zero attached hydrogens (tertiary/aromatic N) is 2. The summed E-state index contributed by atoms with van der Waals surface area (Å²) >= 11 is 0. The fourth-order valence-corrected chi connectivity index (χ4v) is 3.58. The lowest BCUT2D eigenvalue weighted by Crippen LogP contribution is -2.27. The van der Waals surface area contributed by atoms with E-state index in [1.165, 1.54) is 12.1 Å². The van der Waals surface area contributed by atoms with Crippen molar-refractivity contribution in [2.45, 2.75) is 39.2 Å². The number of carboxylic acids is 2. The molecule has 1 atom stereocenters. The zero-order valence-corrected chi connectivity index (χ0v) is 24.1. The van der Waals surface area contributed by atoms with Gasteiger partial charge in [0.25, 0.3) is 5.69 Å². The maximum atomic E-state index is 10.8. The summed E-state index contributed by atoms with van der Waals surface area (Å²) in [6.07, 6.45) is 3.04. The standard InChI is InChI=1S/C25H33N3O6.C4H4O4/c1-18(2)22(34-24-16-19(10-11-26)15-23(31-3)25(24)32-4)9-6-12-27-13-14-33-21-8-5-7-20(17-21)28(29)30;5-3(6)1-2-4(7)8/h5,7-8,15-18,22,27H,6,9-10,12-14H2,1-4H3;1-2H,(H,5,6)(H,7,8)/b;2-1+. The van der Waals surface area contributed by atoms with Crippen LogP contribution in [-0.4, -0.2) is 67.1 Å². The number of hydrogen-bond donors (Lipinski definition) is 3. The molecular weight excluding hydrogens is 550 g/mol. The zero-order valence-electron chi connectivity index (χ0n) is 24.1. The molecule has 0 heterocycles. The molecule has 0 saturated carbocycles. The van der Waals surface area contributed by atoms with Gasteiger partial charge in [-0.15, -0.1) is 0 Å². The van der Waals surface area contributed by atoms with Crippen LogP contribution in [0.3, 0.4) is 0 Å². The van der Waals surface area contributed by atoms with Gasteiger partial charge in [0.05, 0.1) is 37.7 Å². The van der Waals surface area contributed by atoms with Crippen molar-refractivity contribution in [2.24, 2.45) is 5.92 Å². The number of methoxy groups -OCH3 is 2. The van der Waals surface area contributed by atoms with Crippen LogP contribution in [0.25, 0.3) is 0 Å². The number of aliphatic carboxylic acids is 2. The topological polar surface area (TPSA) is 190 Å². The molecule has 0 aliphatic carbocycles. The predicted molar refractivity (Wildman–Crippen MR) is 153 cm³/mol. The van der Waals surface area contributed by atoms with Gasteiger partial charge < -0.3 is 34.5 Å². The van der Waals surface area contributed by atoms with Crippen LogP contribution in [0.15, 0.2) is 48.6 Å². The summed E-state index contributed by atoms with van der Waals surface area (Å²) in [7, 11) is 3.13. The number of hydrogen-bond acceptors (Lipinski definition) is 10. The summed E-state index contributed by atoms with van der Waals surface area (Å²) in [5.41, 5.74) is 0.820. The molecule has 2 rings (SSSR count). The van der Waals surface area contributed by atoms with E-state index < -0.39 is 16.9 Å². The Hall–Kier alpha value is -4.83. The van der Waals surface area contributed by atoms with Crippen LogP contribution >= 0.6 is 0 Å². The van der Waals surface area contributed by atoms with Crippen LogP contribution in [0.1, 0.15) is 32.3 Å². The van der Waals surface area contributed by atoms with Gasteiger partial charge in [0, 0.05) is 24.8 Å². The van der Waals surface area contributed by atoms with Crippen molar-refractivity contribution in [3.63, 3.8) is 0 Å². The molecule has 13 heteroatoms. The quantitative estimate of drug-likeness (QED) is 0.103. The second kappa shape index (κ2) is 19.3. The molecule has 42 heavy (non-hydrogen) atoms. The highest BCUT2D eigenvalue weighted by molar-refractivity contribution is 5.89. The minimum Gasteiger partial charge on any atom is -0.493 e. The average Bonchev–Trinajstić information content (AvgIpc) is 2.95. The number of benzene rings is 2. The van der Waals surface area contributed by atoms with Crippen molar-refractivity contribution in [2.75, 3.05) is 33.9 Å². The monoisotopic (exact) mass is 587 g/mol. The van der Waals surface area contributed by atoms with E-state index in [1.807, 2.05) is 6.07 Å². The molecule has 1 unspecified atom stereocenters. The van der Waals surface area contributed by atoms with E-state index in [-0.39, 0.29) is 24.1 Å². The van der Waals surface area contributed by atoms with Gasteiger partial charge in [0.15, 0.2) is 11.5 Å². The average molecular weight is 588 g/mol. The Morgan fingerprint density at radius 2 is 1.74 bits per heavy atom. The summed E-state index contributed by atoms with van der Waals surface area (Å²) in [6.45, 7) is 6.02. The number of carboxylic acid groups (broad SMARTS) is 2. The largest absolute Gasteiger partial charge is 0.493 e. The van der Waals surface area contributed by atoms with Gasteiger partial charge in [-0.2, -0.15) is 5.26 Å². The molecule has 2 aromatic rings. The molecule has 0 aliphatic heterocycles. The maximum absolute atomic E-state index is 10.8. The van der Waals surface area contributed by atoms with Crippen molar-refractivity contribution < 1.29 is 43.7 Å². The minimum atomic E-state index is -1.26. The van der Waals surface area contributed by atoms with Crippen LogP contribution in [0.5, 0.6) is 23.0 Å². The number of nitro benzene ring substituents is 1. The summed E-state index contributed by atoms with van der Waals surface area (Å²) in [5, 5.41) is 38.9. The predicted octanol–water partition coefficient (Wildman–Crippen LogP) is 4.24. The Kier molecular flexibility index (Phi) is 16.2. The first kappa shape index (κ1) is 35.2. The zero-order chi connectivity index (χ0) is 31.5. The lowest BCUT2D eigenvalue weighted by Gasteiger charge is -2.25. The van der Waals surface area contributed by atoms with E-state index in [9.17, 15) is 19.7 Å². The van der Waals surface area contributed by atoms with Crippen LogP contribution in [0, 0.1) is 27.4 Å². The van der Waals surface area contributed by atoms with E-state index in [0.717, 1.165) is 24.9 Å². The summed E-state index contributed by atoms with van der Waals surface area (Å²) in [4.78, 5) is 29.5. The van der Waals surface area contributed by atoms with Gasteiger partial charge in [0.2, 0.25) is 5.75 Å². The van der Waals surface area contributed by atoms with Crippen LogP contribution in [0.2, 0.25) is 0 Å². The van der Waals surface area contributed by atoms with Gasteiger partial charge in [0.1, 0.15) is 18.5 Å². The number of ether oxygens (including phenoxy) is 4. The maximum Gasteiger partial charge on any atom is 0.328 e.